The molecule has 0 unspecified atom stereocenters. The zero-order chi connectivity index (χ0) is 11.9. The van der Waals surface area contributed by atoms with Crippen molar-refractivity contribution in [3.05, 3.63) is 30.1 Å². The van der Waals surface area contributed by atoms with E-state index in [0.29, 0.717) is 5.69 Å². The summed E-state index contributed by atoms with van der Waals surface area (Å²) in [6.45, 7) is 5.40. The van der Waals surface area contributed by atoms with Gasteiger partial charge in [-0.05, 0) is 18.6 Å². The van der Waals surface area contributed by atoms with Crippen LogP contribution in [-0.4, -0.2) is 44.3 Å². The molecule has 1 aliphatic heterocycles. The van der Waals surface area contributed by atoms with Crippen molar-refractivity contribution in [3.8, 4) is 0 Å². The molecule has 3 nitrogen and oxygen atoms in total. The van der Waals surface area contributed by atoms with Gasteiger partial charge < -0.3 is 10.1 Å². The number of anilines is 1. The van der Waals surface area contributed by atoms with Crippen LogP contribution in [0.4, 0.5) is 10.1 Å². The molecule has 0 atom stereocenters. The molecular formula is C13H19FN2O. The van der Waals surface area contributed by atoms with E-state index >= 15 is 0 Å². The molecule has 0 aromatic heterocycles. The molecule has 0 aliphatic carbocycles. The van der Waals surface area contributed by atoms with Crippen molar-refractivity contribution >= 4 is 5.69 Å². The fourth-order valence-electron chi connectivity index (χ4n) is 1.97. The highest BCUT2D eigenvalue weighted by molar-refractivity contribution is 5.44. The number of rotatable bonds is 4. The number of halogens is 1. The summed E-state index contributed by atoms with van der Waals surface area (Å²) in [6, 6.07) is 6.78. The van der Waals surface area contributed by atoms with E-state index in [0.717, 1.165) is 45.8 Å². The molecule has 1 fully saturated rings. The molecule has 17 heavy (non-hydrogen) atoms. The Labute approximate surface area is 102 Å². The van der Waals surface area contributed by atoms with Crippen LogP contribution in [0, 0.1) is 5.82 Å². The molecule has 1 aromatic carbocycles. The van der Waals surface area contributed by atoms with E-state index in [9.17, 15) is 4.39 Å². The van der Waals surface area contributed by atoms with E-state index in [2.05, 4.69) is 10.2 Å². The Morgan fingerprint density at radius 3 is 3.00 bits per heavy atom. The van der Waals surface area contributed by atoms with Gasteiger partial charge in [-0.3, -0.25) is 4.90 Å². The lowest BCUT2D eigenvalue weighted by molar-refractivity contribution is 0.142. The first-order chi connectivity index (χ1) is 8.36. The number of hydrogen-bond acceptors (Lipinski definition) is 3. The van der Waals surface area contributed by atoms with E-state index in [1.807, 2.05) is 6.07 Å². The van der Waals surface area contributed by atoms with Crippen molar-refractivity contribution in [1.29, 1.82) is 0 Å². The van der Waals surface area contributed by atoms with Gasteiger partial charge in [-0.2, -0.15) is 0 Å². The Hall–Kier alpha value is -1.13. The Morgan fingerprint density at radius 2 is 2.12 bits per heavy atom. The molecular weight excluding hydrogens is 219 g/mol. The van der Waals surface area contributed by atoms with Crippen LogP contribution in [0.15, 0.2) is 24.3 Å². The zero-order valence-corrected chi connectivity index (χ0v) is 9.99. The van der Waals surface area contributed by atoms with Crippen LogP contribution in [0.25, 0.3) is 0 Å². The van der Waals surface area contributed by atoms with Gasteiger partial charge in [0.25, 0.3) is 0 Å². The molecule has 4 heteroatoms. The summed E-state index contributed by atoms with van der Waals surface area (Å²) in [5.74, 6) is -0.188. The SMILES string of the molecule is Fc1ccccc1NCCN1CCCOCC1. The molecule has 0 amide bonds. The van der Waals surface area contributed by atoms with Gasteiger partial charge in [-0.15, -0.1) is 0 Å². The smallest absolute Gasteiger partial charge is 0.146 e. The summed E-state index contributed by atoms with van der Waals surface area (Å²) in [5.41, 5.74) is 0.582. The lowest BCUT2D eigenvalue weighted by Gasteiger charge is -2.19. The number of para-hydroxylation sites is 1. The Kier molecular flexibility index (Phi) is 4.76. The normalized spacial score (nSPS) is 17.7. The first kappa shape index (κ1) is 12.3. The van der Waals surface area contributed by atoms with Gasteiger partial charge in [-0.25, -0.2) is 4.39 Å². The molecule has 0 radical (unpaired) electrons. The number of ether oxygens (including phenoxy) is 1. The highest BCUT2D eigenvalue weighted by Crippen LogP contribution is 2.11. The van der Waals surface area contributed by atoms with Crippen molar-refractivity contribution in [1.82, 2.24) is 4.90 Å². The van der Waals surface area contributed by atoms with Crippen LogP contribution in [0.1, 0.15) is 6.42 Å². The van der Waals surface area contributed by atoms with Gasteiger partial charge in [0.15, 0.2) is 0 Å². The molecule has 0 spiro atoms. The summed E-state index contributed by atoms with van der Waals surface area (Å²) >= 11 is 0. The van der Waals surface area contributed by atoms with Crippen molar-refractivity contribution < 1.29 is 9.13 Å². The minimum absolute atomic E-state index is 0.188. The fourth-order valence-corrected chi connectivity index (χ4v) is 1.97. The molecule has 1 saturated heterocycles. The Balaban J connectivity index is 1.73. The lowest BCUT2D eigenvalue weighted by Crippen LogP contribution is -2.31. The minimum atomic E-state index is -0.188. The van der Waals surface area contributed by atoms with E-state index < -0.39 is 0 Å². The molecule has 1 aliphatic rings. The second-order valence-corrected chi connectivity index (χ2v) is 4.21. The standard InChI is InChI=1S/C13H19FN2O/c14-12-4-1-2-5-13(12)15-6-8-16-7-3-10-17-11-9-16/h1-2,4-5,15H,3,6-11H2. The fraction of sp³-hybridized carbons (Fsp3) is 0.538. The summed E-state index contributed by atoms with van der Waals surface area (Å²) < 4.78 is 18.7. The molecule has 0 saturated carbocycles. The summed E-state index contributed by atoms with van der Waals surface area (Å²) in [4.78, 5) is 2.35. The van der Waals surface area contributed by atoms with E-state index in [4.69, 9.17) is 4.74 Å². The highest BCUT2D eigenvalue weighted by atomic mass is 19.1. The van der Waals surface area contributed by atoms with Crippen LogP contribution in [0.2, 0.25) is 0 Å². The number of benzene rings is 1. The molecule has 1 N–H and O–H groups in total. The van der Waals surface area contributed by atoms with Crippen molar-refractivity contribution in [3.63, 3.8) is 0 Å². The summed E-state index contributed by atoms with van der Waals surface area (Å²) in [5, 5.41) is 3.12. The van der Waals surface area contributed by atoms with E-state index in [-0.39, 0.29) is 5.82 Å². The first-order valence-corrected chi connectivity index (χ1v) is 6.15. The largest absolute Gasteiger partial charge is 0.381 e. The topological polar surface area (TPSA) is 24.5 Å². The first-order valence-electron chi connectivity index (χ1n) is 6.15. The number of nitrogens with one attached hydrogen (secondary N) is 1. The maximum atomic E-state index is 13.3. The average Bonchev–Trinajstić information content (AvgIpc) is 2.60. The maximum Gasteiger partial charge on any atom is 0.146 e. The van der Waals surface area contributed by atoms with Crippen LogP contribution in [0.3, 0.4) is 0 Å². The van der Waals surface area contributed by atoms with Crippen LogP contribution in [-0.2, 0) is 4.74 Å². The predicted octanol–water partition coefficient (Wildman–Crippen LogP) is 1.96. The van der Waals surface area contributed by atoms with Gasteiger partial charge in [-0.1, -0.05) is 12.1 Å². The highest BCUT2D eigenvalue weighted by Gasteiger charge is 2.08. The van der Waals surface area contributed by atoms with Crippen molar-refractivity contribution in [2.75, 3.05) is 44.7 Å². The third-order valence-corrected chi connectivity index (χ3v) is 2.93. The van der Waals surface area contributed by atoms with Gasteiger partial charge >= 0.3 is 0 Å². The van der Waals surface area contributed by atoms with Crippen molar-refractivity contribution in [2.45, 2.75) is 6.42 Å². The van der Waals surface area contributed by atoms with Gasteiger partial charge in [0.2, 0.25) is 0 Å². The second-order valence-electron chi connectivity index (χ2n) is 4.21. The molecule has 1 aromatic rings. The Bertz CT molecular complexity index is 338. The Morgan fingerprint density at radius 1 is 1.24 bits per heavy atom. The lowest BCUT2D eigenvalue weighted by atomic mass is 10.3. The van der Waals surface area contributed by atoms with Crippen molar-refractivity contribution in [2.24, 2.45) is 0 Å². The van der Waals surface area contributed by atoms with Gasteiger partial charge in [0, 0.05) is 32.8 Å². The predicted molar refractivity (Wildman–Crippen MR) is 66.8 cm³/mol. The third kappa shape index (κ3) is 3.98. The van der Waals surface area contributed by atoms with E-state index in [1.54, 1.807) is 12.1 Å². The number of nitrogens with zero attached hydrogens (tertiary/aromatic N) is 1. The maximum absolute atomic E-state index is 13.3. The number of hydrogen-bond donors (Lipinski definition) is 1. The summed E-state index contributed by atoms with van der Waals surface area (Å²) in [6.07, 6.45) is 1.08. The average molecular weight is 238 g/mol. The molecule has 1 heterocycles. The summed E-state index contributed by atoms with van der Waals surface area (Å²) in [7, 11) is 0. The third-order valence-electron chi connectivity index (χ3n) is 2.93. The molecule has 2 rings (SSSR count). The van der Waals surface area contributed by atoms with Crippen LogP contribution in [0.5, 0.6) is 0 Å². The monoisotopic (exact) mass is 238 g/mol. The van der Waals surface area contributed by atoms with Crippen LogP contribution < -0.4 is 5.32 Å². The zero-order valence-electron chi connectivity index (χ0n) is 9.99. The van der Waals surface area contributed by atoms with Crippen LogP contribution >= 0.6 is 0 Å². The second kappa shape index (κ2) is 6.57. The van der Waals surface area contributed by atoms with E-state index in [1.165, 1.54) is 6.07 Å². The quantitative estimate of drug-likeness (QED) is 0.868. The van der Waals surface area contributed by atoms with Gasteiger partial charge in [0.05, 0.1) is 12.3 Å². The minimum Gasteiger partial charge on any atom is -0.381 e. The molecule has 0 bridgehead atoms. The van der Waals surface area contributed by atoms with Gasteiger partial charge in [0.1, 0.15) is 5.82 Å². The molecule has 94 valence electrons.